The van der Waals surface area contributed by atoms with E-state index in [1.807, 2.05) is 0 Å². The van der Waals surface area contributed by atoms with Crippen LogP contribution in [0.3, 0.4) is 0 Å². The van der Waals surface area contributed by atoms with E-state index in [1.54, 1.807) is 0 Å². The first-order valence-corrected chi connectivity index (χ1v) is 6.51. The predicted molar refractivity (Wildman–Crippen MR) is 64.6 cm³/mol. The van der Waals surface area contributed by atoms with Crippen LogP contribution in [0, 0.1) is 17.8 Å². The molecule has 3 N–H and O–H groups in total. The molecule has 0 aromatic carbocycles. The summed E-state index contributed by atoms with van der Waals surface area (Å²) in [6.07, 6.45) is 7.22. The number of aliphatic hydroxyl groups excluding tert-OH is 1. The molecule has 0 bridgehead atoms. The van der Waals surface area contributed by atoms with E-state index in [-0.39, 0.29) is 6.10 Å². The summed E-state index contributed by atoms with van der Waals surface area (Å²) in [5.74, 6) is 1.71. The Morgan fingerprint density at radius 1 is 1.27 bits per heavy atom. The number of nitrogens with two attached hydrogens (primary N) is 1. The zero-order valence-corrected chi connectivity index (χ0v) is 10.3. The standard InChI is InChI=1S/C13H27NO/c1-10(2)7-12(9-14)13(15)8-11-5-3-4-6-11/h10-13,15H,3-9,14H2,1-2H3. The molecule has 1 aliphatic rings. The van der Waals surface area contributed by atoms with E-state index in [0.717, 1.165) is 18.8 Å². The maximum Gasteiger partial charge on any atom is 0.0583 e. The van der Waals surface area contributed by atoms with E-state index in [9.17, 15) is 5.11 Å². The van der Waals surface area contributed by atoms with Gasteiger partial charge in [-0.2, -0.15) is 0 Å². The first-order valence-electron chi connectivity index (χ1n) is 6.51. The fraction of sp³-hybridized carbons (Fsp3) is 1.00. The summed E-state index contributed by atoms with van der Waals surface area (Å²) in [7, 11) is 0. The van der Waals surface area contributed by atoms with Crippen LogP contribution in [0.2, 0.25) is 0 Å². The van der Waals surface area contributed by atoms with Crippen LogP contribution >= 0.6 is 0 Å². The molecule has 0 aromatic heterocycles. The van der Waals surface area contributed by atoms with Crippen molar-refractivity contribution < 1.29 is 5.11 Å². The summed E-state index contributed by atoms with van der Waals surface area (Å²) in [4.78, 5) is 0. The fourth-order valence-electron chi connectivity index (χ4n) is 2.80. The van der Waals surface area contributed by atoms with Crippen molar-refractivity contribution >= 4 is 0 Å². The van der Waals surface area contributed by atoms with Gasteiger partial charge in [0.25, 0.3) is 0 Å². The average molecular weight is 213 g/mol. The highest BCUT2D eigenvalue weighted by molar-refractivity contribution is 4.77. The average Bonchev–Trinajstić information content (AvgIpc) is 2.66. The Hall–Kier alpha value is -0.0800. The summed E-state index contributed by atoms with van der Waals surface area (Å²) in [6.45, 7) is 5.03. The van der Waals surface area contributed by atoms with Gasteiger partial charge < -0.3 is 10.8 Å². The molecule has 0 amide bonds. The zero-order chi connectivity index (χ0) is 11.3. The van der Waals surface area contributed by atoms with Crippen LogP contribution in [0.1, 0.15) is 52.4 Å². The normalized spacial score (nSPS) is 22.2. The van der Waals surface area contributed by atoms with Crippen molar-refractivity contribution in [3.8, 4) is 0 Å². The second-order valence-electron chi connectivity index (χ2n) is 5.58. The molecule has 2 atom stereocenters. The summed E-state index contributed by atoms with van der Waals surface area (Å²) in [5, 5.41) is 10.1. The summed E-state index contributed by atoms with van der Waals surface area (Å²) in [6, 6.07) is 0. The van der Waals surface area contributed by atoms with Crippen molar-refractivity contribution in [2.24, 2.45) is 23.5 Å². The first-order chi connectivity index (χ1) is 7.13. The Bertz CT molecular complexity index is 164. The molecule has 2 nitrogen and oxygen atoms in total. The molecule has 2 unspecified atom stereocenters. The van der Waals surface area contributed by atoms with E-state index < -0.39 is 0 Å². The van der Waals surface area contributed by atoms with Gasteiger partial charge in [-0.25, -0.2) is 0 Å². The third-order valence-corrected chi connectivity index (χ3v) is 3.67. The minimum atomic E-state index is -0.166. The van der Waals surface area contributed by atoms with Crippen LogP contribution < -0.4 is 5.73 Å². The van der Waals surface area contributed by atoms with Gasteiger partial charge in [-0.3, -0.25) is 0 Å². The fourth-order valence-corrected chi connectivity index (χ4v) is 2.80. The van der Waals surface area contributed by atoms with Crippen LogP contribution in [-0.2, 0) is 0 Å². The molecule has 90 valence electrons. The third kappa shape index (κ3) is 4.52. The van der Waals surface area contributed by atoms with Crippen LogP contribution in [0.15, 0.2) is 0 Å². The van der Waals surface area contributed by atoms with Crippen molar-refractivity contribution in [3.63, 3.8) is 0 Å². The van der Waals surface area contributed by atoms with E-state index >= 15 is 0 Å². The van der Waals surface area contributed by atoms with Crippen molar-refractivity contribution in [1.29, 1.82) is 0 Å². The molecule has 0 spiro atoms. The predicted octanol–water partition coefficient (Wildman–Crippen LogP) is 2.55. The molecule has 0 aromatic rings. The maximum absolute atomic E-state index is 10.1. The smallest absolute Gasteiger partial charge is 0.0583 e. The topological polar surface area (TPSA) is 46.2 Å². The zero-order valence-electron chi connectivity index (χ0n) is 10.3. The number of rotatable bonds is 6. The van der Waals surface area contributed by atoms with E-state index in [2.05, 4.69) is 13.8 Å². The quantitative estimate of drug-likeness (QED) is 0.712. The molecule has 15 heavy (non-hydrogen) atoms. The summed E-state index contributed by atoms with van der Waals surface area (Å²) < 4.78 is 0. The molecular formula is C13H27NO. The highest BCUT2D eigenvalue weighted by atomic mass is 16.3. The Morgan fingerprint density at radius 3 is 2.33 bits per heavy atom. The molecule has 1 fully saturated rings. The van der Waals surface area contributed by atoms with Crippen LogP contribution in [0.4, 0.5) is 0 Å². The summed E-state index contributed by atoms with van der Waals surface area (Å²) >= 11 is 0. The Labute approximate surface area is 94.2 Å². The maximum atomic E-state index is 10.1. The van der Waals surface area contributed by atoms with Gasteiger partial charge in [0.1, 0.15) is 0 Å². The van der Waals surface area contributed by atoms with Gasteiger partial charge in [0, 0.05) is 0 Å². The molecule has 1 aliphatic carbocycles. The number of aliphatic hydroxyl groups is 1. The third-order valence-electron chi connectivity index (χ3n) is 3.67. The van der Waals surface area contributed by atoms with E-state index in [0.29, 0.717) is 18.4 Å². The first kappa shape index (κ1) is 13.0. The lowest BCUT2D eigenvalue weighted by molar-refractivity contribution is 0.0753. The Kier molecular flexibility index (Phi) is 5.62. The molecule has 0 saturated heterocycles. The van der Waals surface area contributed by atoms with Crippen molar-refractivity contribution in [1.82, 2.24) is 0 Å². The lowest BCUT2D eigenvalue weighted by atomic mass is 9.86. The number of hydrogen-bond donors (Lipinski definition) is 2. The van der Waals surface area contributed by atoms with Gasteiger partial charge in [-0.05, 0) is 37.1 Å². The summed E-state index contributed by atoms with van der Waals surface area (Å²) in [5.41, 5.74) is 5.74. The molecule has 0 aliphatic heterocycles. The molecule has 2 heteroatoms. The minimum absolute atomic E-state index is 0.166. The van der Waals surface area contributed by atoms with Crippen LogP contribution in [0.25, 0.3) is 0 Å². The minimum Gasteiger partial charge on any atom is -0.393 e. The lowest BCUT2D eigenvalue weighted by Gasteiger charge is -2.25. The molecule has 1 saturated carbocycles. The van der Waals surface area contributed by atoms with Crippen molar-refractivity contribution in [3.05, 3.63) is 0 Å². The molecule has 1 rings (SSSR count). The lowest BCUT2D eigenvalue weighted by Crippen LogP contribution is -2.30. The van der Waals surface area contributed by atoms with Crippen LogP contribution in [-0.4, -0.2) is 17.8 Å². The van der Waals surface area contributed by atoms with Gasteiger partial charge in [0.2, 0.25) is 0 Å². The highest BCUT2D eigenvalue weighted by Crippen LogP contribution is 2.31. The van der Waals surface area contributed by atoms with Gasteiger partial charge in [0.05, 0.1) is 6.10 Å². The second kappa shape index (κ2) is 6.49. The van der Waals surface area contributed by atoms with Crippen molar-refractivity contribution in [2.75, 3.05) is 6.54 Å². The Morgan fingerprint density at radius 2 is 1.87 bits per heavy atom. The molecule has 0 radical (unpaired) electrons. The van der Waals surface area contributed by atoms with Crippen LogP contribution in [0.5, 0.6) is 0 Å². The molecule has 0 heterocycles. The SMILES string of the molecule is CC(C)CC(CN)C(O)CC1CCCC1. The second-order valence-corrected chi connectivity index (χ2v) is 5.58. The monoisotopic (exact) mass is 213 g/mol. The van der Waals surface area contributed by atoms with Gasteiger partial charge in [-0.1, -0.05) is 39.5 Å². The largest absolute Gasteiger partial charge is 0.393 e. The Balaban J connectivity index is 2.31. The highest BCUT2D eigenvalue weighted by Gasteiger charge is 2.24. The molecular weight excluding hydrogens is 186 g/mol. The van der Waals surface area contributed by atoms with Gasteiger partial charge in [-0.15, -0.1) is 0 Å². The van der Waals surface area contributed by atoms with E-state index in [4.69, 9.17) is 5.73 Å². The van der Waals surface area contributed by atoms with E-state index in [1.165, 1.54) is 25.7 Å². The van der Waals surface area contributed by atoms with Gasteiger partial charge in [0.15, 0.2) is 0 Å². The van der Waals surface area contributed by atoms with Crippen molar-refractivity contribution in [2.45, 2.75) is 58.5 Å². The van der Waals surface area contributed by atoms with Gasteiger partial charge >= 0.3 is 0 Å². The number of hydrogen-bond acceptors (Lipinski definition) is 2.